The van der Waals surface area contributed by atoms with E-state index in [1.807, 2.05) is 6.07 Å². The van der Waals surface area contributed by atoms with E-state index in [1.54, 1.807) is 18.3 Å². The number of sulfonamides is 1. The maximum absolute atomic E-state index is 12.0. The second-order valence-electron chi connectivity index (χ2n) is 3.50. The molecule has 0 aromatic carbocycles. The predicted molar refractivity (Wildman–Crippen MR) is 61.5 cm³/mol. The van der Waals surface area contributed by atoms with Crippen LogP contribution >= 0.6 is 0 Å². The zero-order valence-corrected chi connectivity index (χ0v) is 10.1. The summed E-state index contributed by atoms with van der Waals surface area (Å²) in [4.78, 5) is 4.08. The molecule has 1 N–H and O–H groups in total. The Balaban J connectivity index is 2.19. The molecule has 0 aliphatic carbocycles. The number of rotatable bonds is 4. The monoisotopic (exact) mass is 252 g/mol. The van der Waals surface area contributed by atoms with Gasteiger partial charge in [-0.1, -0.05) is 6.07 Å². The van der Waals surface area contributed by atoms with Gasteiger partial charge in [0.25, 0.3) is 10.0 Å². The van der Waals surface area contributed by atoms with Crippen molar-refractivity contribution in [3.8, 4) is 0 Å². The molecule has 0 aliphatic heterocycles. The molecule has 0 saturated heterocycles. The molecule has 0 atom stereocenters. The van der Waals surface area contributed by atoms with E-state index in [9.17, 15) is 8.42 Å². The lowest BCUT2D eigenvalue weighted by Gasteiger charge is -2.15. The first-order valence-electron chi connectivity index (χ1n) is 4.96. The van der Waals surface area contributed by atoms with Gasteiger partial charge in [-0.05, 0) is 18.2 Å². The fourth-order valence-corrected chi connectivity index (χ4v) is 2.40. The molecular formula is C10H12N4O2S. The standard InChI is InChI=1S/C10H12N4O2S/c1-14(8-9-4-2-3-6-11-9)17(15,16)10-5-7-12-13-10/h2-7H,8H2,1H3,(H,12,13). The third-order valence-corrected chi connectivity index (χ3v) is 4.01. The van der Waals surface area contributed by atoms with Crippen molar-refractivity contribution in [2.75, 3.05) is 7.05 Å². The highest BCUT2D eigenvalue weighted by atomic mass is 32.2. The fourth-order valence-electron chi connectivity index (χ4n) is 1.36. The average Bonchev–Trinajstić information content (AvgIpc) is 2.84. The van der Waals surface area contributed by atoms with Crippen LogP contribution in [0.2, 0.25) is 0 Å². The van der Waals surface area contributed by atoms with Gasteiger partial charge in [-0.3, -0.25) is 10.1 Å². The Kier molecular flexibility index (Phi) is 3.21. The Hall–Kier alpha value is -1.73. The van der Waals surface area contributed by atoms with Crippen molar-refractivity contribution in [2.24, 2.45) is 0 Å². The molecule has 6 nitrogen and oxygen atoms in total. The van der Waals surface area contributed by atoms with Crippen LogP contribution in [0.4, 0.5) is 0 Å². The van der Waals surface area contributed by atoms with Gasteiger partial charge in [-0.15, -0.1) is 0 Å². The molecule has 0 amide bonds. The van der Waals surface area contributed by atoms with Crippen molar-refractivity contribution < 1.29 is 8.42 Å². The van der Waals surface area contributed by atoms with E-state index >= 15 is 0 Å². The van der Waals surface area contributed by atoms with Gasteiger partial charge in [0.2, 0.25) is 0 Å². The molecule has 0 fully saturated rings. The number of nitrogens with zero attached hydrogens (tertiary/aromatic N) is 3. The number of nitrogens with one attached hydrogen (secondary N) is 1. The number of aromatic nitrogens is 3. The molecule has 2 aromatic rings. The fraction of sp³-hybridized carbons (Fsp3) is 0.200. The first kappa shape index (κ1) is 11.7. The Bertz CT molecular complexity index is 566. The van der Waals surface area contributed by atoms with Crippen molar-refractivity contribution in [1.82, 2.24) is 19.5 Å². The molecule has 2 heterocycles. The molecule has 2 rings (SSSR count). The number of pyridine rings is 1. The van der Waals surface area contributed by atoms with Crippen LogP contribution in [0.5, 0.6) is 0 Å². The van der Waals surface area contributed by atoms with Crippen LogP contribution in [0, 0.1) is 0 Å². The summed E-state index contributed by atoms with van der Waals surface area (Å²) < 4.78 is 25.3. The summed E-state index contributed by atoms with van der Waals surface area (Å²) in [5.74, 6) is 0. The maximum atomic E-state index is 12.0. The van der Waals surface area contributed by atoms with Crippen LogP contribution in [0.3, 0.4) is 0 Å². The third kappa shape index (κ3) is 2.51. The van der Waals surface area contributed by atoms with Crippen LogP contribution < -0.4 is 0 Å². The Labute approximate surface area is 99.4 Å². The molecule has 7 heteroatoms. The molecule has 0 radical (unpaired) electrons. The van der Waals surface area contributed by atoms with Crippen LogP contribution in [0.1, 0.15) is 5.69 Å². The van der Waals surface area contributed by atoms with Crippen molar-refractivity contribution in [3.05, 3.63) is 42.4 Å². The topological polar surface area (TPSA) is 79.0 Å². The van der Waals surface area contributed by atoms with Gasteiger partial charge in [0.15, 0.2) is 5.03 Å². The van der Waals surface area contributed by atoms with Gasteiger partial charge in [0, 0.05) is 13.2 Å². The highest BCUT2D eigenvalue weighted by Gasteiger charge is 2.22. The van der Waals surface area contributed by atoms with E-state index in [0.29, 0.717) is 5.69 Å². The van der Waals surface area contributed by atoms with Gasteiger partial charge in [-0.2, -0.15) is 9.40 Å². The van der Waals surface area contributed by atoms with Gasteiger partial charge in [-0.25, -0.2) is 8.42 Å². The predicted octanol–water partition coefficient (Wildman–Crippen LogP) is 0.625. The van der Waals surface area contributed by atoms with E-state index in [4.69, 9.17) is 0 Å². The summed E-state index contributed by atoms with van der Waals surface area (Å²) in [6.07, 6.45) is 3.04. The molecule has 0 spiro atoms. The van der Waals surface area contributed by atoms with E-state index < -0.39 is 10.0 Å². The lowest BCUT2D eigenvalue weighted by molar-refractivity contribution is 0.459. The van der Waals surface area contributed by atoms with Crippen molar-refractivity contribution in [1.29, 1.82) is 0 Å². The molecule has 0 aliphatic rings. The Morgan fingerprint density at radius 1 is 1.29 bits per heavy atom. The molecule has 90 valence electrons. The molecular weight excluding hydrogens is 240 g/mol. The minimum atomic E-state index is -3.52. The van der Waals surface area contributed by atoms with Crippen molar-refractivity contribution in [3.63, 3.8) is 0 Å². The van der Waals surface area contributed by atoms with Crippen LogP contribution in [0.25, 0.3) is 0 Å². The number of aromatic amines is 1. The minimum absolute atomic E-state index is 0.0796. The summed E-state index contributed by atoms with van der Waals surface area (Å²) in [5, 5.41) is 6.16. The third-order valence-electron chi connectivity index (χ3n) is 2.27. The minimum Gasteiger partial charge on any atom is -0.266 e. The molecule has 0 bridgehead atoms. The zero-order valence-electron chi connectivity index (χ0n) is 9.24. The lowest BCUT2D eigenvalue weighted by atomic mass is 10.3. The summed E-state index contributed by atoms with van der Waals surface area (Å²) in [7, 11) is -2.01. The first-order chi connectivity index (χ1) is 8.10. The van der Waals surface area contributed by atoms with Gasteiger partial charge >= 0.3 is 0 Å². The smallest absolute Gasteiger partial charge is 0.260 e. The maximum Gasteiger partial charge on any atom is 0.260 e. The second kappa shape index (κ2) is 4.64. The summed E-state index contributed by atoms with van der Waals surface area (Å²) in [6.45, 7) is 0.224. The zero-order chi connectivity index (χ0) is 12.3. The van der Waals surface area contributed by atoms with Crippen LogP contribution in [-0.2, 0) is 16.6 Å². The van der Waals surface area contributed by atoms with Gasteiger partial charge in [0.1, 0.15) is 0 Å². The molecule has 0 saturated carbocycles. The normalized spacial score (nSPS) is 11.9. The largest absolute Gasteiger partial charge is 0.266 e. The highest BCUT2D eigenvalue weighted by molar-refractivity contribution is 7.89. The van der Waals surface area contributed by atoms with Crippen molar-refractivity contribution in [2.45, 2.75) is 11.6 Å². The molecule has 17 heavy (non-hydrogen) atoms. The van der Waals surface area contributed by atoms with Gasteiger partial charge in [0.05, 0.1) is 18.4 Å². The molecule has 0 unspecified atom stereocenters. The van der Waals surface area contributed by atoms with E-state index in [0.717, 1.165) is 0 Å². The number of H-pyrrole nitrogens is 1. The Morgan fingerprint density at radius 3 is 2.71 bits per heavy atom. The second-order valence-corrected chi connectivity index (χ2v) is 5.52. The first-order valence-corrected chi connectivity index (χ1v) is 6.40. The number of hydrogen-bond acceptors (Lipinski definition) is 4. The average molecular weight is 252 g/mol. The van der Waals surface area contributed by atoms with Crippen LogP contribution in [-0.4, -0.2) is 35.0 Å². The molecule has 2 aromatic heterocycles. The van der Waals surface area contributed by atoms with Crippen LogP contribution in [0.15, 0.2) is 41.7 Å². The highest BCUT2D eigenvalue weighted by Crippen LogP contribution is 2.12. The summed E-state index contributed by atoms with van der Waals surface area (Å²) in [6, 6.07) is 6.80. The van der Waals surface area contributed by atoms with E-state index in [2.05, 4.69) is 15.2 Å². The van der Waals surface area contributed by atoms with E-state index in [1.165, 1.54) is 23.6 Å². The quantitative estimate of drug-likeness (QED) is 0.865. The lowest BCUT2D eigenvalue weighted by Crippen LogP contribution is -2.27. The number of hydrogen-bond donors (Lipinski definition) is 1. The SMILES string of the molecule is CN(Cc1ccccn1)S(=O)(=O)c1ccn[nH]1. The van der Waals surface area contributed by atoms with Gasteiger partial charge < -0.3 is 0 Å². The summed E-state index contributed by atoms with van der Waals surface area (Å²) >= 11 is 0. The van der Waals surface area contributed by atoms with Crippen molar-refractivity contribution >= 4 is 10.0 Å². The van der Waals surface area contributed by atoms with E-state index in [-0.39, 0.29) is 11.6 Å². The Morgan fingerprint density at radius 2 is 2.12 bits per heavy atom. The summed E-state index contributed by atoms with van der Waals surface area (Å²) in [5.41, 5.74) is 0.693.